The number of amides is 1. The minimum absolute atomic E-state index is 0.0825. The van der Waals surface area contributed by atoms with Gasteiger partial charge in [-0.15, -0.1) is 0 Å². The molecule has 0 aliphatic carbocycles. The third-order valence-electron chi connectivity index (χ3n) is 5.05. The van der Waals surface area contributed by atoms with Gasteiger partial charge in [-0.3, -0.25) is 9.69 Å². The maximum atomic E-state index is 12.5. The van der Waals surface area contributed by atoms with Gasteiger partial charge in [0.2, 0.25) is 5.91 Å². The summed E-state index contributed by atoms with van der Waals surface area (Å²) in [6.07, 6.45) is 1.70. The van der Waals surface area contributed by atoms with Gasteiger partial charge in [0.25, 0.3) is 0 Å². The van der Waals surface area contributed by atoms with Gasteiger partial charge in [0.05, 0.1) is 20.1 Å². The molecule has 1 fully saturated rings. The van der Waals surface area contributed by atoms with Crippen LogP contribution in [-0.4, -0.2) is 44.7 Å². The van der Waals surface area contributed by atoms with Gasteiger partial charge in [-0.05, 0) is 42.6 Å². The summed E-state index contributed by atoms with van der Waals surface area (Å²) in [5, 5.41) is 3.09. The maximum absolute atomic E-state index is 12.5. The topological polar surface area (TPSA) is 50.8 Å². The van der Waals surface area contributed by atoms with Gasteiger partial charge in [-0.25, -0.2) is 0 Å². The molecule has 1 aliphatic heterocycles. The number of carbonyl (C=O) groups is 1. The number of ether oxygens (including phenoxy) is 2. The number of carbonyl (C=O) groups excluding carboxylic acids is 1. The number of rotatable bonds is 8. The van der Waals surface area contributed by atoms with Crippen LogP contribution in [0, 0.1) is 5.92 Å². The van der Waals surface area contributed by atoms with Gasteiger partial charge >= 0.3 is 0 Å². The van der Waals surface area contributed by atoms with Crippen molar-refractivity contribution in [3.8, 4) is 11.5 Å². The van der Waals surface area contributed by atoms with E-state index >= 15 is 0 Å². The molecule has 1 aliphatic rings. The molecule has 1 N–H and O–H groups in total. The molecule has 1 saturated heterocycles. The highest BCUT2D eigenvalue weighted by molar-refractivity contribution is 5.79. The molecule has 144 valence electrons. The molecule has 0 saturated carbocycles. The van der Waals surface area contributed by atoms with E-state index < -0.39 is 0 Å². The van der Waals surface area contributed by atoms with Crippen LogP contribution in [0.1, 0.15) is 17.5 Å². The van der Waals surface area contributed by atoms with E-state index in [0.717, 1.165) is 43.8 Å². The molecule has 1 atom stereocenters. The summed E-state index contributed by atoms with van der Waals surface area (Å²) in [7, 11) is 3.26. The monoisotopic (exact) mass is 368 g/mol. The van der Waals surface area contributed by atoms with Crippen LogP contribution in [0.15, 0.2) is 48.5 Å². The van der Waals surface area contributed by atoms with E-state index in [9.17, 15) is 4.79 Å². The van der Waals surface area contributed by atoms with Crippen LogP contribution in [0.2, 0.25) is 0 Å². The number of hydrogen-bond donors (Lipinski definition) is 1. The Kier molecular flexibility index (Phi) is 6.71. The van der Waals surface area contributed by atoms with Gasteiger partial charge in [-0.2, -0.15) is 0 Å². The highest BCUT2D eigenvalue weighted by atomic mass is 16.5. The smallest absolute Gasteiger partial charge is 0.224 e. The lowest BCUT2D eigenvalue weighted by atomic mass is 10.1. The molecule has 0 radical (unpaired) electrons. The van der Waals surface area contributed by atoms with E-state index in [4.69, 9.17) is 9.47 Å². The Bertz CT molecular complexity index is 748. The van der Waals surface area contributed by atoms with E-state index in [1.807, 2.05) is 24.3 Å². The summed E-state index contributed by atoms with van der Waals surface area (Å²) in [4.78, 5) is 14.8. The first-order valence-corrected chi connectivity index (χ1v) is 9.44. The van der Waals surface area contributed by atoms with E-state index in [1.54, 1.807) is 14.2 Å². The number of nitrogens with zero attached hydrogens (tertiary/aromatic N) is 1. The largest absolute Gasteiger partial charge is 0.493 e. The Morgan fingerprint density at radius 3 is 2.59 bits per heavy atom. The van der Waals surface area contributed by atoms with Crippen molar-refractivity contribution in [2.45, 2.75) is 19.4 Å². The average molecular weight is 368 g/mol. The summed E-state index contributed by atoms with van der Waals surface area (Å²) in [5.74, 6) is 1.67. The number of benzene rings is 2. The molecule has 0 bridgehead atoms. The van der Waals surface area contributed by atoms with Crippen LogP contribution in [0.3, 0.4) is 0 Å². The number of hydrogen-bond acceptors (Lipinski definition) is 4. The van der Waals surface area contributed by atoms with Crippen LogP contribution in [0.5, 0.6) is 11.5 Å². The lowest BCUT2D eigenvalue weighted by molar-refractivity contribution is -0.124. The fourth-order valence-corrected chi connectivity index (χ4v) is 3.54. The summed E-state index contributed by atoms with van der Waals surface area (Å²) in [6.45, 7) is 3.35. The van der Waals surface area contributed by atoms with Gasteiger partial charge in [0, 0.05) is 19.6 Å². The Morgan fingerprint density at radius 1 is 1.07 bits per heavy atom. The lowest BCUT2D eigenvalue weighted by Gasteiger charge is -2.16. The Morgan fingerprint density at radius 2 is 1.85 bits per heavy atom. The molecule has 1 unspecified atom stereocenters. The molecular formula is C22H28N2O3. The SMILES string of the molecule is COc1ccc(CCNC(=O)C2CCN(Cc3ccccc3)C2)cc1OC. The fraction of sp³-hybridized carbons (Fsp3) is 0.409. The molecule has 2 aromatic carbocycles. The summed E-state index contributed by atoms with van der Waals surface area (Å²) >= 11 is 0. The lowest BCUT2D eigenvalue weighted by Crippen LogP contribution is -2.33. The van der Waals surface area contributed by atoms with Crippen molar-refractivity contribution in [3.05, 3.63) is 59.7 Å². The van der Waals surface area contributed by atoms with Crippen LogP contribution in [0.25, 0.3) is 0 Å². The number of nitrogens with one attached hydrogen (secondary N) is 1. The summed E-state index contributed by atoms with van der Waals surface area (Å²) in [5.41, 5.74) is 2.41. The van der Waals surface area contributed by atoms with Crippen LogP contribution < -0.4 is 14.8 Å². The number of likely N-dealkylation sites (tertiary alicyclic amines) is 1. The van der Waals surface area contributed by atoms with Gasteiger partial charge in [0.1, 0.15) is 0 Å². The first-order valence-electron chi connectivity index (χ1n) is 9.44. The molecule has 0 aromatic heterocycles. The van der Waals surface area contributed by atoms with E-state index in [1.165, 1.54) is 5.56 Å². The predicted octanol–water partition coefficient (Wildman–Crippen LogP) is 2.88. The third-order valence-corrected chi connectivity index (χ3v) is 5.05. The molecule has 27 heavy (non-hydrogen) atoms. The zero-order chi connectivity index (χ0) is 19.1. The second kappa shape index (κ2) is 9.42. The van der Waals surface area contributed by atoms with Crippen LogP contribution in [0.4, 0.5) is 0 Å². The van der Waals surface area contributed by atoms with Gasteiger partial charge in [0.15, 0.2) is 11.5 Å². The van der Waals surface area contributed by atoms with E-state index in [2.05, 4.69) is 34.5 Å². The van der Waals surface area contributed by atoms with Crippen LogP contribution >= 0.6 is 0 Å². The molecule has 3 rings (SSSR count). The predicted molar refractivity (Wildman–Crippen MR) is 106 cm³/mol. The van der Waals surface area contributed by atoms with Crippen molar-refractivity contribution < 1.29 is 14.3 Å². The molecular weight excluding hydrogens is 340 g/mol. The summed E-state index contributed by atoms with van der Waals surface area (Å²) < 4.78 is 10.6. The minimum Gasteiger partial charge on any atom is -0.493 e. The highest BCUT2D eigenvalue weighted by Crippen LogP contribution is 2.27. The molecule has 1 heterocycles. The first-order chi connectivity index (χ1) is 13.2. The molecule has 5 nitrogen and oxygen atoms in total. The van der Waals surface area contributed by atoms with Crippen molar-refractivity contribution in [1.29, 1.82) is 0 Å². The zero-order valence-electron chi connectivity index (χ0n) is 16.1. The first kappa shape index (κ1) is 19.2. The number of methoxy groups -OCH3 is 2. The van der Waals surface area contributed by atoms with Crippen molar-refractivity contribution in [1.82, 2.24) is 10.2 Å². The fourth-order valence-electron chi connectivity index (χ4n) is 3.54. The standard InChI is InChI=1S/C22H28N2O3/c1-26-20-9-8-17(14-21(20)27-2)10-12-23-22(25)19-11-13-24(16-19)15-18-6-4-3-5-7-18/h3-9,14,19H,10-13,15-16H2,1-2H3,(H,23,25). The Balaban J connectivity index is 1.43. The van der Waals surface area contributed by atoms with Crippen molar-refractivity contribution in [3.63, 3.8) is 0 Å². The molecule has 2 aromatic rings. The molecule has 5 heteroatoms. The average Bonchev–Trinajstić information content (AvgIpc) is 3.17. The van der Waals surface area contributed by atoms with Crippen LogP contribution in [-0.2, 0) is 17.8 Å². The Labute approximate surface area is 161 Å². The quantitative estimate of drug-likeness (QED) is 0.778. The maximum Gasteiger partial charge on any atom is 0.224 e. The molecule has 1 amide bonds. The van der Waals surface area contributed by atoms with Crippen molar-refractivity contribution in [2.24, 2.45) is 5.92 Å². The second-order valence-electron chi connectivity index (χ2n) is 6.94. The zero-order valence-corrected chi connectivity index (χ0v) is 16.1. The Hall–Kier alpha value is -2.53. The minimum atomic E-state index is 0.0825. The summed E-state index contributed by atoms with van der Waals surface area (Å²) in [6, 6.07) is 16.3. The van der Waals surface area contributed by atoms with Gasteiger partial charge in [-0.1, -0.05) is 36.4 Å². The van der Waals surface area contributed by atoms with E-state index in [0.29, 0.717) is 12.3 Å². The highest BCUT2D eigenvalue weighted by Gasteiger charge is 2.27. The second-order valence-corrected chi connectivity index (χ2v) is 6.94. The van der Waals surface area contributed by atoms with E-state index in [-0.39, 0.29) is 11.8 Å². The van der Waals surface area contributed by atoms with Crippen molar-refractivity contribution in [2.75, 3.05) is 33.9 Å². The third kappa shape index (κ3) is 5.23. The normalized spacial score (nSPS) is 16.9. The van der Waals surface area contributed by atoms with Gasteiger partial charge < -0.3 is 14.8 Å². The molecule has 0 spiro atoms. The van der Waals surface area contributed by atoms with Crippen molar-refractivity contribution >= 4 is 5.91 Å².